The van der Waals surface area contributed by atoms with Crippen LogP contribution in [-0.4, -0.2) is 27.1 Å². The van der Waals surface area contributed by atoms with Crippen molar-refractivity contribution in [2.75, 3.05) is 5.32 Å². The first-order valence-electron chi connectivity index (χ1n) is 5.61. The molecule has 1 amide bonds. The van der Waals surface area contributed by atoms with Crippen molar-refractivity contribution < 1.29 is 14.4 Å². The number of nitrogens with zero attached hydrogens (tertiary/aromatic N) is 2. The lowest BCUT2D eigenvalue weighted by Gasteiger charge is -2.06. The lowest BCUT2D eigenvalue weighted by atomic mass is 10.1. The number of oxime groups is 1. The third-order valence-corrected chi connectivity index (χ3v) is 2.70. The third kappa shape index (κ3) is 2.58. The number of aryl methyl sites for hydroxylation is 1. The first kappa shape index (κ1) is 13.5. The molecule has 0 fully saturated rings. The van der Waals surface area contributed by atoms with Crippen LogP contribution in [0.4, 0.5) is 10.2 Å². The molecular weight excluding hydrogens is 265 g/mol. The number of amidine groups is 1. The van der Waals surface area contributed by atoms with Gasteiger partial charge in [0.15, 0.2) is 5.84 Å². The molecule has 0 saturated heterocycles. The Kier molecular flexibility index (Phi) is 3.65. The molecule has 1 heterocycles. The predicted octanol–water partition coefficient (Wildman–Crippen LogP) is 1.20. The monoisotopic (exact) mass is 277 g/mol. The number of rotatable bonds is 3. The average molecular weight is 277 g/mol. The minimum absolute atomic E-state index is 0.146. The van der Waals surface area contributed by atoms with Crippen molar-refractivity contribution in [1.29, 1.82) is 0 Å². The van der Waals surface area contributed by atoms with Gasteiger partial charge in [0.25, 0.3) is 5.91 Å². The molecule has 1 aromatic carbocycles. The van der Waals surface area contributed by atoms with E-state index >= 15 is 0 Å². The molecular formula is C12H12FN5O2. The van der Waals surface area contributed by atoms with Crippen LogP contribution in [0.3, 0.4) is 0 Å². The van der Waals surface area contributed by atoms with E-state index in [9.17, 15) is 9.18 Å². The summed E-state index contributed by atoms with van der Waals surface area (Å²) >= 11 is 0. The number of aromatic amines is 1. The van der Waals surface area contributed by atoms with E-state index in [0.717, 1.165) is 6.07 Å². The molecule has 7 nitrogen and oxygen atoms in total. The Hall–Kier alpha value is -2.90. The Bertz CT molecular complexity index is 680. The van der Waals surface area contributed by atoms with Crippen LogP contribution >= 0.6 is 0 Å². The quantitative estimate of drug-likeness (QED) is 0.292. The second-order valence-electron chi connectivity index (χ2n) is 4.06. The van der Waals surface area contributed by atoms with Gasteiger partial charge >= 0.3 is 0 Å². The topological polar surface area (TPSA) is 116 Å². The summed E-state index contributed by atoms with van der Waals surface area (Å²) < 4.78 is 13.4. The average Bonchev–Trinajstić information content (AvgIpc) is 2.89. The van der Waals surface area contributed by atoms with Crippen LogP contribution in [-0.2, 0) is 0 Å². The molecule has 2 aromatic rings. The maximum atomic E-state index is 13.4. The minimum atomic E-state index is -0.542. The van der Waals surface area contributed by atoms with E-state index in [0.29, 0.717) is 5.56 Å². The zero-order valence-electron chi connectivity index (χ0n) is 10.5. The Balaban J connectivity index is 2.24. The molecule has 0 bridgehead atoms. The Morgan fingerprint density at radius 2 is 2.30 bits per heavy atom. The third-order valence-electron chi connectivity index (χ3n) is 2.70. The molecule has 0 aliphatic rings. The normalized spacial score (nSPS) is 11.4. The number of hydrogen-bond donors (Lipinski definition) is 4. The van der Waals surface area contributed by atoms with Gasteiger partial charge in [-0.15, -0.1) is 0 Å². The Morgan fingerprint density at radius 1 is 1.55 bits per heavy atom. The molecule has 0 aliphatic heterocycles. The maximum Gasteiger partial charge on any atom is 0.256 e. The molecule has 1 aromatic heterocycles. The Morgan fingerprint density at radius 3 is 2.95 bits per heavy atom. The van der Waals surface area contributed by atoms with Crippen molar-refractivity contribution >= 4 is 17.6 Å². The standard InChI is InChI=1S/C12H12FN5O2/c1-6-2-3-7(4-9(6)13)12(19)16-11-8(5-15-17-11)10(14)18-20/h2-5,20H,1H3,(H2,14,18)(H2,15,16,17,19). The van der Waals surface area contributed by atoms with Crippen LogP contribution in [0.25, 0.3) is 0 Å². The fourth-order valence-corrected chi connectivity index (χ4v) is 1.55. The van der Waals surface area contributed by atoms with Gasteiger partial charge in [-0.25, -0.2) is 4.39 Å². The summed E-state index contributed by atoms with van der Waals surface area (Å²) in [6.45, 7) is 1.60. The van der Waals surface area contributed by atoms with Gasteiger partial charge in [0.05, 0.1) is 11.8 Å². The van der Waals surface area contributed by atoms with Gasteiger partial charge in [-0.3, -0.25) is 9.89 Å². The highest BCUT2D eigenvalue weighted by Crippen LogP contribution is 2.14. The van der Waals surface area contributed by atoms with Gasteiger partial charge < -0.3 is 16.3 Å². The molecule has 104 valence electrons. The van der Waals surface area contributed by atoms with E-state index < -0.39 is 11.7 Å². The molecule has 0 aliphatic carbocycles. The number of hydrogen-bond acceptors (Lipinski definition) is 4. The van der Waals surface area contributed by atoms with Gasteiger partial charge in [-0.1, -0.05) is 11.2 Å². The number of halogens is 1. The minimum Gasteiger partial charge on any atom is -0.409 e. The van der Waals surface area contributed by atoms with Crippen molar-refractivity contribution in [2.45, 2.75) is 6.92 Å². The number of anilines is 1. The van der Waals surface area contributed by atoms with E-state index in [1.807, 2.05) is 0 Å². The van der Waals surface area contributed by atoms with Crippen LogP contribution in [0.5, 0.6) is 0 Å². The van der Waals surface area contributed by atoms with Gasteiger partial charge in [-0.05, 0) is 24.6 Å². The number of benzene rings is 1. The van der Waals surface area contributed by atoms with Crippen molar-refractivity contribution in [3.05, 3.63) is 46.9 Å². The van der Waals surface area contributed by atoms with Gasteiger partial charge in [0.2, 0.25) is 0 Å². The van der Waals surface area contributed by atoms with Crippen molar-refractivity contribution in [2.24, 2.45) is 10.9 Å². The largest absolute Gasteiger partial charge is 0.409 e. The summed E-state index contributed by atoms with van der Waals surface area (Å²) in [7, 11) is 0. The molecule has 0 spiro atoms. The molecule has 2 rings (SSSR count). The number of carbonyl (C=O) groups is 1. The van der Waals surface area contributed by atoms with E-state index in [2.05, 4.69) is 20.7 Å². The predicted molar refractivity (Wildman–Crippen MR) is 70.2 cm³/mol. The Labute approximate surface area is 113 Å². The van der Waals surface area contributed by atoms with E-state index in [4.69, 9.17) is 10.9 Å². The van der Waals surface area contributed by atoms with Gasteiger partial charge in [0, 0.05) is 5.56 Å². The summed E-state index contributed by atoms with van der Waals surface area (Å²) in [6, 6.07) is 4.12. The van der Waals surface area contributed by atoms with Crippen LogP contribution < -0.4 is 11.1 Å². The zero-order chi connectivity index (χ0) is 14.7. The van der Waals surface area contributed by atoms with Gasteiger partial charge in [0.1, 0.15) is 11.6 Å². The number of aromatic nitrogens is 2. The molecule has 0 radical (unpaired) electrons. The molecule has 0 unspecified atom stereocenters. The summed E-state index contributed by atoms with van der Waals surface area (Å²) in [5.74, 6) is -1.06. The molecule has 20 heavy (non-hydrogen) atoms. The summed E-state index contributed by atoms with van der Waals surface area (Å²) in [5.41, 5.74) is 6.25. The SMILES string of the molecule is Cc1ccc(C(=O)Nc2[nH]ncc2C(N)=NO)cc1F. The van der Waals surface area contributed by atoms with Crippen LogP contribution in [0, 0.1) is 12.7 Å². The van der Waals surface area contributed by atoms with E-state index in [1.165, 1.54) is 18.3 Å². The van der Waals surface area contributed by atoms with Crippen molar-refractivity contribution in [1.82, 2.24) is 10.2 Å². The second-order valence-corrected chi connectivity index (χ2v) is 4.06. The van der Waals surface area contributed by atoms with Gasteiger partial charge in [-0.2, -0.15) is 5.10 Å². The molecule has 0 atom stereocenters. The molecule has 5 N–H and O–H groups in total. The lowest BCUT2D eigenvalue weighted by molar-refractivity contribution is 0.102. The number of amides is 1. The van der Waals surface area contributed by atoms with Crippen molar-refractivity contribution in [3.8, 4) is 0 Å². The van der Waals surface area contributed by atoms with E-state index in [1.54, 1.807) is 6.92 Å². The van der Waals surface area contributed by atoms with E-state index in [-0.39, 0.29) is 22.8 Å². The highest BCUT2D eigenvalue weighted by molar-refractivity contribution is 6.08. The highest BCUT2D eigenvalue weighted by atomic mass is 19.1. The summed E-state index contributed by atoms with van der Waals surface area (Å²) in [4.78, 5) is 12.0. The lowest BCUT2D eigenvalue weighted by Crippen LogP contribution is -2.18. The van der Waals surface area contributed by atoms with Crippen LogP contribution in [0.15, 0.2) is 29.6 Å². The summed E-state index contributed by atoms with van der Waals surface area (Å²) in [5, 5.41) is 20.1. The number of carbonyl (C=O) groups excluding carboxylic acids is 1. The highest BCUT2D eigenvalue weighted by Gasteiger charge is 2.14. The fraction of sp³-hybridized carbons (Fsp3) is 0.0833. The molecule has 8 heteroatoms. The first-order valence-corrected chi connectivity index (χ1v) is 5.61. The smallest absolute Gasteiger partial charge is 0.256 e. The zero-order valence-corrected chi connectivity index (χ0v) is 10.5. The molecule has 0 saturated carbocycles. The van der Waals surface area contributed by atoms with Crippen molar-refractivity contribution in [3.63, 3.8) is 0 Å². The second kappa shape index (κ2) is 5.39. The number of nitrogens with two attached hydrogens (primary N) is 1. The van der Waals surface area contributed by atoms with Crippen LogP contribution in [0.1, 0.15) is 21.5 Å². The first-order chi connectivity index (χ1) is 9.52. The maximum absolute atomic E-state index is 13.4. The van der Waals surface area contributed by atoms with Crippen LogP contribution in [0.2, 0.25) is 0 Å². The summed E-state index contributed by atoms with van der Waals surface area (Å²) in [6.07, 6.45) is 1.29. The number of H-pyrrole nitrogens is 1. The fourth-order valence-electron chi connectivity index (χ4n) is 1.55. The number of nitrogens with one attached hydrogen (secondary N) is 2.